The van der Waals surface area contributed by atoms with Gasteiger partial charge in [0.05, 0.1) is 38.7 Å². The van der Waals surface area contributed by atoms with Gasteiger partial charge in [-0.25, -0.2) is 17.2 Å². The molecule has 1 heterocycles. The zero-order chi connectivity index (χ0) is 39.1. The third kappa shape index (κ3) is 9.89. The van der Waals surface area contributed by atoms with Gasteiger partial charge in [-0.2, -0.15) is 4.31 Å². The summed E-state index contributed by atoms with van der Waals surface area (Å²) in [4.78, 5) is 30.4. The summed E-state index contributed by atoms with van der Waals surface area (Å²) in [5.41, 5.74) is -0.434. The van der Waals surface area contributed by atoms with Crippen LogP contribution in [0, 0.1) is 17.0 Å². The van der Waals surface area contributed by atoms with E-state index in [4.69, 9.17) is 23.3 Å². The van der Waals surface area contributed by atoms with Gasteiger partial charge in [0, 0.05) is 41.6 Å². The zero-order valence-electron chi connectivity index (χ0n) is 30.1. The third-order valence-corrected chi connectivity index (χ3v) is 11.8. The van der Waals surface area contributed by atoms with E-state index < -0.39 is 52.8 Å². The lowest BCUT2D eigenvalue weighted by Crippen LogP contribution is -2.35. The molecule has 0 atom stereocenters. The molecule has 0 aliphatic heterocycles. The van der Waals surface area contributed by atoms with E-state index in [-0.39, 0.29) is 55.7 Å². The topological polar surface area (TPSA) is 172 Å². The van der Waals surface area contributed by atoms with E-state index in [0.717, 1.165) is 16.6 Å². The van der Waals surface area contributed by atoms with Gasteiger partial charge in [-0.15, -0.1) is 0 Å². The minimum absolute atomic E-state index is 0.0330. The third-order valence-electron chi connectivity index (χ3n) is 8.38. The van der Waals surface area contributed by atoms with Crippen molar-refractivity contribution in [2.75, 3.05) is 56.7 Å². The molecule has 1 saturated carbocycles. The molecule has 2 N–H and O–H groups in total. The van der Waals surface area contributed by atoms with E-state index in [2.05, 4.69) is 15.6 Å². The van der Waals surface area contributed by atoms with Crippen molar-refractivity contribution in [1.29, 1.82) is 0 Å². The lowest BCUT2D eigenvalue weighted by atomic mass is 10.0. The summed E-state index contributed by atoms with van der Waals surface area (Å²) in [7, 11) is -6.02. The molecule has 0 spiro atoms. The molecule has 54 heavy (non-hydrogen) atoms. The number of sulfonamides is 1. The van der Waals surface area contributed by atoms with Crippen LogP contribution in [0.15, 0.2) is 66.9 Å². The monoisotopic (exact) mass is 790 g/mol. The number of fused-ring (bicyclic) bond motifs is 1. The highest BCUT2D eigenvalue weighted by atomic mass is 32.2. The molecule has 1 fully saturated rings. The molecular weight excluding hydrogens is 749 g/mol. The average molecular weight is 791 g/mol. The minimum atomic E-state index is -3.77. The van der Waals surface area contributed by atoms with Crippen molar-refractivity contribution in [1.82, 2.24) is 9.29 Å². The first-order valence-corrected chi connectivity index (χ1v) is 20.6. The highest BCUT2D eigenvalue weighted by molar-refractivity contribution is 7.88. The number of nitrogens with zero attached hydrogens (tertiary/aromatic N) is 2. The van der Waals surface area contributed by atoms with Gasteiger partial charge in [0.15, 0.2) is 23.1 Å². The molecular formula is C36H41F2N4O10PS. The summed E-state index contributed by atoms with van der Waals surface area (Å²) in [6.45, 7) is 3.44. The number of halogens is 2. The summed E-state index contributed by atoms with van der Waals surface area (Å²) >= 11 is 0. The molecule has 14 nitrogen and oxygen atoms in total. The Kier molecular flexibility index (Phi) is 12.9. The lowest BCUT2D eigenvalue weighted by molar-refractivity contribution is -0.131. The molecule has 3 aromatic carbocycles. The van der Waals surface area contributed by atoms with Gasteiger partial charge >= 0.3 is 7.60 Å². The largest absolute Gasteiger partial charge is 0.493 e. The summed E-state index contributed by atoms with van der Waals surface area (Å²) in [5, 5.41) is 5.68. The number of nitrogens with one attached hydrogen (secondary N) is 2. The molecule has 18 heteroatoms. The van der Waals surface area contributed by atoms with Crippen LogP contribution in [0.5, 0.6) is 23.0 Å². The zero-order valence-corrected chi connectivity index (χ0v) is 31.8. The second kappa shape index (κ2) is 17.2. The normalized spacial score (nSPS) is 13.8. The Bertz CT molecular complexity index is 2140. The molecule has 4 aromatic rings. The van der Waals surface area contributed by atoms with Crippen LogP contribution in [0.2, 0.25) is 0 Å². The van der Waals surface area contributed by atoms with Crippen LogP contribution in [0.25, 0.3) is 10.9 Å². The number of hydrogen-bond donors (Lipinski definition) is 2. The first-order valence-electron chi connectivity index (χ1n) is 17.0. The molecule has 2 amide bonds. The number of ether oxygens (including phenoxy) is 3. The van der Waals surface area contributed by atoms with Crippen molar-refractivity contribution in [3.63, 3.8) is 0 Å². The Morgan fingerprint density at radius 1 is 0.889 bits per heavy atom. The van der Waals surface area contributed by atoms with Gasteiger partial charge in [-0.05, 0) is 81.6 Å². The number of carbonyl (C=O) groups excluding carboxylic acids is 2. The van der Waals surface area contributed by atoms with E-state index in [1.54, 1.807) is 26.0 Å². The number of anilines is 2. The summed E-state index contributed by atoms with van der Waals surface area (Å²) < 4.78 is 95.6. The number of carbonyl (C=O) groups is 2. The van der Waals surface area contributed by atoms with Crippen molar-refractivity contribution in [3.05, 3.63) is 78.5 Å². The maximum Gasteiger partial charge on any atom is 0.345 e. The molecule has 0 bridgehead atoms. The second-order valence-electron chi connectivity index (χ2n) is 12.3. The molecule has 1 aromatic heterocycles. The van der Waals surface area contributed by atoms with Crippen molar-refractivity contribution in [2.24, 2.45) is 5.41 Å². The van der Waals surface area contributed by atoms with Crippen LogP contribution >= 0.6 is 7.60 Å². The Labute approximate surface area is 311 Å². The van der Waals surface area contributed by atoms with Gasteiger partial charge < -0.3 is 33.9 Å². The van der Waals surface area contributed by atoms with Gasteiger partial charge in [0.1, 0.15) is 23.3 Å². The Morgan fingerprint density at radius 2 is 1.54 bits per heavy atom. The van der Waals surface area contributed by atoms with Crippen molar-refractivity contribution in [2.45, 2.75) is 33.1 Å². The predicted molar refractivity (Wildman–Crippen MR) is 197 cm³/mol. The first kappa shape index (κ1) is 40.5. The maximum atomic E-state index is 15.4. The standard InChI is InChI=1S/C36H41F2N4O10PS/c1-5-50-53(45,51-6-2)23-42(54(4,46)47)18-7-19-49-33-21-27-29(22-32(33)48-3)39-17-14-30(27)52-31-13-12-26(20-28(31)38)41-35(44)36(15-16-36)34(43)40-25-10-8-24(37)9-11-25/h8-14,17,20-22H,5-7,15-16,18-19,23H2,1-4H3,(H,40,43)(H,41,44). The molecule has 5 rings (SSSR count). The molecule has 290 valence electrons. The number of amides is 2. The highest BCUT2D eigenvalue weighted by Crippen LogP contribution is 2.49. The molecule has 1 aliphatic carbocycles. The van der Waals surface area contributed by atoms with Gasteiger partial charge in [0.25, 0.3) is 0 Å². The Hall–Kier alpha value is -4.67. The Balaban J connectivity index is 1.25. The second-order valence-corrected chi connectivity index (χ2v) is 16.3. The van der Waals surface area contributed by atoms with E-state index in [1.807, 2.05) is 0 Å². The van der Waals surface area contributed by atoms with E-state index >= 15 is 4.39 Å². The van der Waals surface area contributed by atoms with Crippen LogP contribution in [0.3, 0.4) is 0 Å². The number of aromatic nitrogens is 1. The van der Waals surface area contributed by atoms with Crippen molar-refractivity contribution < 1.29 is 54.6 Å². The van der Waals surface area contributed by atoms with E-state index in [1.165, 1.54) is 55.8 Å². The average Bonchev–Trinajstić information content (AvgIpc) is 3.94. The SMILES string of the molecule is CCOP(=O)(CN(CCCOc1cc2c(Oc3ccc(NC(=O)C4(C(=O)Nc5ccc(F)cc5)CC4)cc3F)ccnc2cc1OC)S(C)(=O)=O)OCC. The van der Waals surface area contributed by atoms with Crippen LogP contribution in [0.1, 0.15) is 33.1 Å². The van der Waals surface area contributed by atoms with Gasteiger partial charge in [-0.1, -0.05) is 0 Å². The smallest absolute Gasteiger partial charge is 0.345 e. The van der Waals surface area contributed by atoms with E-state index in [9.17, 15) is 27.0 Å². The van der Waals surface area contributed by atoms with Gasteiger partial charge in [0.2, 0.25) is 21.8 Å². The van der Waals surface area contributed by atoms with E-state index in [0.29, 0.717) is 35.2 Å². The quantitative estimate of drug-likeness (QED) is 0.0574. The number of hydrogen-bond acceptors (Lipinski definition) is 11. The fourth-order valence-electron chi connectivity index (χ4n) is 5.46. The number of benzene rings is 3. The molecule has 0 radical (unpaired) electrons. The van der Waals surface area contributed by atoms with Crippen LogP contribution < -0.4 is 24.8 Å². The van der Waals surface area contributed by atoms with Crippen LogP contribution in [-0.2, 0) is 33.2 Å². The molecule has 0 saturated heterocycles. The van der Waals surface area contributed by atoms with Crippen molar-refractivity contribution in [3.8, 4) is 23.0 Å². The molecule has 1 aliphatic rings. The molecule has 0 unspecified atom stereocenters. The fourth-order valence-corrected chi connectivity index (χ4v) is 8.73. The van der Waals surface area contributed by atoms with Crippen LogP contribution in [-0.4, -0.2) is 75.5 Å². The summed E-state index contributed by atoms with van der Waals surface area (Å²) in [5.74, 6) is -1.73. The Morgan fingerprint density at radius 3 is 2.13 bits per heavy atom. The first-order chi connectivity index (χ1) is 25.7. The maximum absolute atomic E-state index is 15.4. The number of pyridine rings is 1. The highest BCUT2D eigenvalue weighted by Gasteiger charge is 2.56. The van der Waals surface area contributed by atoms with Crippen molar-refractivity contribution >= 4 is 51.7 Å². The summed E-state index contributed by atoms with van der Waals surface area (Å²) in [6.07, 6.45) is 2.83. The number of rotatable bonds is 19. The summed E-state index contributed by atoms with van der Waals surface area (Å²) in [6, 6.07) is 13.7. The van der Waals surface area contributed by atoms with Gasteiger partial charge in [-0.3, -0.25) is 19.1 Å². The number of methoxy groups -OCH3 is 1. The minimum Gasteiger partial charge on any atom is -0.493 e. The lowest BCUT2D eigenvalue weighted by Gasteiger charge is -2.25. The fraction of sp³-hybridized carbons (Fsp3) is 0.361. The van der Waals surface area contributed by atoms with Crippen LogP contribution in [0.4, 0.5) is 20.2 Å². The predicted octanol–water partition coefficient (Wildman–Crippen LogP) is 6.93.